The predicted octanol–water partition coefficient (Wildman–Crippen LogP) is 2.67. The van der Waals surface area contributed by atoms with E-state index in [4.69, 9.17) is 26.5 Å². The average molecular weight is 253 g/mol. The van der Waals surface area contributed by atoms with Crippen molar-refractivity contribution in [2.24, 2.45) is 5.73 Å². The Kier molecular flexibility index (Phi) is 3.66. The largest absolute Gasteiger partial charge is 0.487 e. The molecule has 2 aromatic rings. The van der Waals surface area contributed by atoms with Gasteiger partial charge in [0.05, 0.1) is 17.8 Å². The van der Waals surface area contributed by atoms with Gasteiger partial charge in [0.15, 0.2) is 0 Å². The molecule has 0 aliphatic heterocycles. The molecule has 90 valence electrons. The van der Waals surface area contributed by atoms with Crippen molar-refractivity contribution in [1.29, 1.82) is 0 Å². The highest BCUT2D eigenvalue weighted by Crippen LogP contribution is 2.19. The summed E-state index contributed by atoms with van der Waals surface area (Å²) in [6.07, 6.45) is 3.18. The molecule has 0 saturated carbocycles. The minimum absolute atomic E-state index is 0.388. The van der Waals surface area contributed by atoms with Gasteiger partial charge in [-0.25, -0.2) is 0 Å². The van der Waals surface area contributed by atoms with Crippen molar-refractivity contribution < 1.29 is 9.15 Å². The lowest BCUT2D eigenvalue weighted by Crippen LogP contribution is -1.96. The highest BCUT2D eigenvalue weighted by molar-refractivity contribution is 6.30. The normalized spacial score (nSPS) is 10.5. The Morgan fingerprint density at radius 2 is 2.24 bits per heavy atom. The Bertz CT molecular complexity index is 511. The molecule has 5 heteroatoms. The van der Waals surface area contributed by atoms with Crippen LogP contribution in [0.25, 0.3) is 0 Å². The third-order valence-electron chi connectivity index (χ3n) is 2.35. The Morgan fingerprint density at radius 1 is 1.41 bits per heavy atom. The van der Waals surface area contributed by atoms with Crippen LogP contribution in [0.15, 0.2) is 28.9 Å². The van der Waals surface area contributed by atoms with Crippen molar-refractivity contribution in [1.82, 2.24) is 4.98 Å². The van der Waals surface area contributed by atoms with Gasteiger partial charge in [-0.2, -0.15) is 0 Å². The number of ether oxygens (including phenoxy) is 1. The van der Waals surface area contributed by atoms with Gasteiger partial charge in [0.25, 0.3) is 0 Å². The van der Waals surface area contributed by atoms with E-state index in [2.05, 4.69) is 4.98 Å². The lowest BCUT2D eigenvalue weighted by Gasteiger charge is -2.04. The van der Waals surface area contributed by atoms with E-state index in [0.717, 1.165) is 17.1 Å². The van der Waals surface area contributed by atoms with Crippen molar-refractivity contribution in [3.63, 3.8) is 0 Å². The minimum atomic E-state index is 0.388. The average Bonchev–Trinajstić information content (AvgIpc) is 2.68. The van der Waals surface area contributed by atoms with E-state index in [-0.39, 0.29) is 0 Å². The van der Waals surface area contributed by atoms with Crippen molar-refractivity contribution in [3.8, 4) is 5.75 Å². The fourth-order valence-corrected chi connectivity index (χ4v) is 1.63. The third kappa shape index (κ3) is 2.99. The van der Waals surface area contributed by atoms with E-state index in [0.29, 0.717) is 23.9 Å². The number of aryl methyl sites for hydroxylation is 1. The van der Waals surface area contributed by atoms with Crippen LogP contribution in [0.2, 0.25) is 5.02 Å². The summed E-state index contributed by atoms with van der Waals surface area (Å²) < 4.78 is 11.0. The topological polar surface area (TPSA) is 61.3 Å². The zero-order chi connectivity index (χ0) is 12.3. The molecule has 2 N–H and O–H groups in total. The fourth-order valence-electron chi connectivity index (χ4n) is 1.46. The van der Waals surface area contributed by atoms with Crippen LogP contribution >= 0.6 is 11.6 Å². The number of pyridine rings is 1. The minimum Gasteiger partial charge on any atom is -0.487 e. The monoisotopic (exact) mass is 252 g/mol. The Balaban J connectivity index is 2.04. The zero-order valence-corrected chi connectivity index (χ0v) is 10.2. The van der Waals surface area contributed by atoms with Crippen molar-refractivity contribution >= 4 is 11.6 Å². The lowest BCUT2D eigenvalue weighted by molar-refractivity contribution is 0.302. The van der Waals surface area contributed by atoms with Gasteiger partial charge in [-0.3, -0.25) is 4.98 Å². The number of furan rings is 1. The predicted molar refractivity (Wildman–Crippen MR) is 64.9 cm³/mol. The number of nitrogens with two attached hydrogens (primary N) is 1. The van der Waals surface area contributed by atoms with Gasteiger partial charge in [0.2, 0.25) is 0 Å². The molecule has 0 radical (unpaired) electrons. The Labute approximate surface area is 104 Å². The van der Waals surface area contributed by atoms with Gasteiger partial charge in [0, 0.05) is 17.8 Å². The summed E-state index contributed by atoms with van der Waals surface area (Å²) in [7, 11) is 0. The quantitative estimate of drug-likeness (QED) is 0.909. The van der Waals surface area contributed by atoms with E-state index in [1.165, 1.54) is 0 Å². The Morgan fingerprint density at radius 3 is 2.88 bits per heavy atom. The molecular weight excluding hydrogens is 240 g/mol. The number of halogens is 1. The molecule has 0 spiro atoms. The summed E-state index contributed by atoms with van der Waals surface area (Å²) in [5, 5.41) is 0.550. The van der Waals surface area contributed by atoms with E-state index in [9.17, 15) is 0 Å². The van der Waals surface area contributed by atoms with Crippen molar-refractivity contribution in [2.75, 3.05) is 0 Å². The summed E-state index contributed by atoms with van der Waals surface area (Å²) in [5.41, 5.74) is 6.47. The molecule has 0 amide bonds. The summed E-state index contributed by atoms with van der Waals surface area (Å²) in [5.74, 6) is 2.21. The maximum absolute atomic E-state index is 5.81. The maximum Gasteiger partial charge on any atom is 0.139 e. The zero-order valence-electron chi connectivity index (χ0n) is 9.44. The van der Waals surface area contributed by atoms with Gasteiger partial charge >= 0.3 is 0 Å². The van der Waals surface area contributed by atoms with Crippen LogP contribution in [-0.4, -0.2) is 4.98 Å². The molecule has 0 atom stereocenters. The lowest BCUT2D eigenvalue weighted by atomic mass is 10.2. The van der Waals surface area contributed by atoms with Crippen molar-refractivity contribution in [3.05, 3.63) is 46.6 Å². The van der Waals surface area contributed by atoms with Crippen molar-refractivity contribution in [2.45, 2.75) is 20.1 Å². The molecule has 2 rings (SSSR count). The first-order valence-electron chi connectivity index (χ1n) is 5.20. The van der Waals surface area contributed by atoms with Crippen LogP contribution in [0.1, 0.15) is 17.1 Å². The van der Waals surface area contributed by atoms with Crippen LogP contribution in [0, 0.1) is 6.92 Å². The van der Waals surface area contributed by atoms with Gasteiger partial charge in [0.1, 0.15) is 23.9 Å². The first kappa shape index (κ1) is 12.0. The summed E-state index contributed by atoms with van der Waals surface area (Å²) in [6, 6.07) is 3.61. The molecule has 2 aromatic heterocycles. The van der Waals surface area contributed by atoms with E-state index in [1.54, 1.807) is 18.5 Å². The molecule has 0 fully saturated rings. The molecule has 17 heavy (non-hydrogen) atoms. The van der Waals surface area contributed by atoms with Crippen LogP contribution < -0.4 is 10.5 Å². The van der Waals surface area contributed by atoms with Crippen LogP contribution in [0.3, 0.4) is 0 Å². The summed E-state index contributed by atoms with van der Waals surface area (Å²) in [4.78, 5) is 3.94. The van der Waals surface area contributed by atoms with Gasteiger partial charge in [-0.1, -0.05) is 11.6 Å². The molecule has 0 unspecified atom stereocenters. The highest BCUT2D eigenvalue weighted by Gasteiger charge is 2.07. The molecule has 0 aliphatic rings. The van der Waals surface area contributed by atoms with Crippen LogP contribution in [-0.2, 0) is 13.2 Å². The van der Waals surface area contributed by atoms with E-state index in [1.807, 2.05) is 13.0 Å². The number of aromatic nitrogens is 1. The summed E-state index contributed by atoms with van der Waals surface area (Å²) >= 11 is 5.81. The smallest absolute Gasteiger partial charge is 0.139 e. The van der Waals surface area contributed by atoms with E-state index < -0.39 is 0 Å². The first-order valence-corrected chi connectivity index (χ1v) is 5.58. The van der Waals surface area contributed by atoms with Crippen LogP contribution in [0.4, 0.5) is 0 Å². The number of nitrogens with zero attached hydrogens (tertiary/aromatic N) is 1. The maximum atomic E-state index is 5.81. The van der Waals surface area contributed by atoms with E-state index >= 15 is 0 Å². The molecular formula is C12H13ClN2O2. The standard InChI is InChI=1S/C12H13ClN2O2/c1-8-9(2-11(4-14)17-8)7-16-12-3-10(13)5-15-6-12/h2-3,5-6H,4,7,14H2,1H3. The number of rotatable bonds is 4. The molecule has 4 nitrogen and oxygen atoms in total. The number of hydrogen-bond donors (Lipinski definition) is 1. The SMILES string of the molecule is Cc1oc(CN)cc1COc1cncc(Cl)c1. The number of hydrogen-bond acceptors (Lipinski definition) is 4. The molecule has 2 heterocycles. The second-order valence-corrected chi connectivity index (χ2v) is 4.06. The second kappa shape index (κ2) is 5.21. The van der Waals surface area contributed by atoms with Crippen LogP contribution in [0.5, 0.6) is 5.75 Å². The van der Waals surface area contributed by atoms with Gasteiger partial charge in [-0.05, 0) is 13.0 Å². The first-order chi connectivity index (χ1) is 8.19. The Hall–Kier alpha value is -1.52. The fraction of sp³-hybridized carbons (Fsp3) is 0.250. The third-order valence-corrected chi connectivity index (χ3v) is 2.55. The van der Waals surface area contributed by atoms with Gasteiger partial charge < -0.3 is 14.9 Å². The molecule has 0 aromatic carbocycles. The molecule has 0 aliphatic carbocycles. The molecule has 0 saturated heterocycles. The second-order valence-electron chi connectivity index (χ2n) is 3.63. The highest BCUT2D eigenvalue weighted by atomic mass is 35.5. The summed E-state index contributed by atoms with van der Waals surface area (Å²) in [6.45, 7) is 2.69. The van der Waals surface area contributed by atoms with Gasteiger partial charge in [-0.15, -0.1) is 0 Å². The molecule has 0 bridgehead atoms.